The Hall–Kier alpha value is -2.99. The fourth-order valence-corrected chi connectivity index (χ4v) is 6.19. The van der Waals surface area contributed by atoms with Crippen LogP contribution in [0.3, 0.4) is 0 Å². The van der Waals surface area contributed by atoms with Gasteiger partial charge in [0, 0.05) is 74.3 Å². The highest BCUT2D eigenvalue weighted by molar-refractivity contribution is 5.85. The number of benzene rings is 2. The van der Waals surface area contributed by atoms with Crippen LogP contribution >= 0.6 is 0 Å². The zero-order chi connectivity index (χ0) is 30.4. The molecule has 43 heavy (non-hydrogen) atoms. The molecule has 0 aliphatic carbocycles. The monoisotopic (exact) mass is 604 g/mol. The molecule has 234 valence electrons. The van der Waals surface area contributed by atoms with Crippen LogP contribution in [0.25, 0.3) is 10.9 Å². The van der Waals surface area contributed by atoms with Crippen LogP contribution in [0, 0.1) is 22.9 Å². The number of methoxy groups -OCH3 is 1. The van der Waals surface area contributed by atoms with Crippen molar-refractivity contribution in [3.8, 4) is 5.75 Å². The van der Waals surface area contributed by atoms with Crippen LogP contribution in [0.2, 0.25) is 0 Å². The molecule has 2 fully saturated rings. The first-order valence-electron chi connectivity index (χ1n) is 14.9. The summed E-state index contributed by atoms with van der Waals surface area (Å²) in [6.07, 6.45) is 2.78. The molecule has 1 atom stereocenters. The highest BCUT2D eigenvalue weighted by atomic mass is 19.2. The number of piperidine rings is 1. The third-order valence-corrected chi connectivity index (χ3v) is 8.93. The summed E-state index contributed by atoms with van der Waals surface area (Å²) in [7, 11) is 1.59. The van der Waals surface area contributed by atoms with Crippen LogP contribution in [0.5, 0.6) is 5.75 Å². The molecule has 2 aromatic carbocycles. The van der Waals surface area contributed by atoms with Gasteiger partial charge in [-0.05, 0) is 68.0 Å². The van der Waals surface area contributed by atoms with Gasteiger partial charge in [0.1, 0.15) is 11.9 Å². The first kappa shape index (κ1) is 31.4. The number of rotatable bonds is 12. The maximum atomic E-state index is 16.4. The molecule has 2 aliphatic rings. The standard InChI is InChI=1S/C32H40F4N4O3/c1-42-24-2-3-29-25(18-24)30(22(19-38-29)20-40-12-14-43-15-13-40)26(33)4-5-32(21-41)6-9-39(10-7-32)11-8-37-23-16-27(34)31(36)28(35)17-23/h2-3,16-19,26,37,41H,4-15,20-21H2,1H3/t26-/m1/s1. The summed E-state index contributed by atoms with van der Waals surface area (Å²) < 4.78 is 67.5. The Morgan fingerprint density at radius 1 is 1.05 bits per heavy atom. The minimum atomic E-state index is -1.48. The molecule has 0 saturated carbocycles. The highest BCUT2D eigenvalue weighted by Crippen LogP contribution is 2.41. The van der Waals surface area contributed by atoms with E-state index in [1.54, 1.807) is 13.3 Å². The van der Waals surface area contributed by atoms with Gasteiger partial charge in [0.05, 0.1) is 25.8 Å². The number of nitrogens with one attached hydrogen (secondary N) is 1. The number of halogens is 4. The fraction of sp³-hybridized carbons (Fsp3) is 0.531. The smallest absolute Gasteiger partial charge is 0.194 e. The number of likely N-dealkylation sites (tertiary alicyclic amines) is 1. The molecule has 3 heterocycles. The van der Waals surface area contributed by atoms with Crippen LogP contribution in [0.1, 0.15) is 43.0 Å². The van der Waals surface area contributed by atoms with E-state index in [0.29, 0.717) is 82.0 Å². The summed E-state index contributed by atoms with van der Waals surface area (Å²) in [4.78, 5) is 9.08. The number of aliphatic hydroxyl groups is 1. The molecule has 2 N–H and O–H groups in total. The van der Waals surface area contributed by atoms with Gasteiger partial charge in [-0.3, -0.25) is 9.88 Å². The van der Waals surface area contributed by atoms with Crippen LogP contribution in [-0.4, -0.2) is 86.1 Å². The Morgan fingerprint density at radius 3 is 2.44 bits per heavy atom. The summed E-state index contributed by atoms with van der Waals surface area (Å²) in [5.41, 5.74) is 2.01. The number of hydrogen-bond donors (Lipinski definition) is 2. The maximum absolute atomic E-state index is 16.4. The predicted octanol–water partition coefficient (Wildman–Crippen LogP) is 5.47. The highest BCUT2D eigenvalue weighted by Gasteiger charge is 2.35. The van der Waals surface area contributed by atoms with Gasteiger partial charge >= 0.3 is 0 Å². The van der Waals surface area contributed by atoms with Gasteiger partial charge < -0.3 is 24.8 Å². The number of fused-ring (bicyclic) bond motifs is 1. The molecule has 1 aromatic heterocycles. The first-order valence-corrected chi connectivity index (χ1v) is 14.9. The Labute approximate surface area is 249 Å². The van der Waals surface area contributed by atoms with Crippen molar-refractivity contribution in [3.63, 3.8) is 0 Å². The lowest BCUT2D eigenvalue weighted by Crippen LogP contribution is -2.43. The van der Waals surface area contributed by atoms with E-state index in [-0.39, 0.29) is 24.1 Å². The van der Waals surface area contributed by atoms with Crippen molar-refractivity contribution in [2.45, 2.75) is 38.4 Å². The molecule has 11 heteroatoms. The molecular formula is C32H40F4N4O3. The fourth-order valence-electron chi connectivity index (χ4n) is 6.19. The second kappa shape index (κ2) is 14.2. The predicted molar refractivity (Wildman–Crippen MR) is 157 cm³/mol. The normalized spacial score (nSPS) is 18.6. The number of aliphatic hydroxyl groups excluding tert-OH is 1. The van der Waals surface area contributed by atoms with Gasteiger partial charge in [-0.1, -0.05) is 0 Å². The SMILES string of the molecule is COc1ccc2ncc(CN3CCOCC3)c([C@H](F)CCC3(CO)CCN(CCNc4cc(F)c(F)c(F)c4)CC3)c2c1. The lowest BCUT2D eigenvalue weighted by Gasteiger charge is -2.41. The Bertz CT molecular complexity index is 1360. The van der Waals surface area contributed by atoms with Crippen molar-refractivity contribution in [1.29, 1.82) is 0 Å². The molecule has 2 aliphatic heterocycles. The average molecular weight is 605 g/mol. The van der Waals surface area contributed by atoms with Crippen LogP contribution < -0.4 is 10.1 Å². The van der Waals surface area contributed by atoms with Gasteiger partial charge in [-0.15, -0.1) is 0 Å². The van der Waals surface area contributed by atoms with Gasteiger partial charge in [0.2, 0.25) is 0 Å². The van der Waals surface area contributed by atoms with Crippen molar-refractivity contribution >= 4 is 16.6 Å². The van der Waals surface area contributed by atoms with Crippen LogP contribution in [0.4, 0.5) is 23.2 Å². The number of nitrogens with zero attached hydrogens (tertiary/aromatic N) is 3. The Balaban J connectivity index is 1.22. The van der Waals surface area contributed by atoms with Crippen LogP contribution in [0.15, 0.2) is 36.5 Å². The minimum absolute atomic E-state index is 0.0223. The Kier molecular flexibility index (Phi) is 10.4. The minimum Gasteiger partial charge on any atom is -0.497 e. The van der Waals surface area contributed by atoms with Crippen LogP contribution in [-0.2, 0) is 11.3 Å². The van der Waals surface area contributed by atoms with E-state index in [0.717, 1.165) is 36.2 Å². The number of aromatic nitrogens is 1. The quantitative estimate of drug-likeness (QED) is 0.210. The molecule has 7 nitrogen and oxygen atoms in total. The summed E-state index contributed by atoms with van der Waals surface area (Å²) >= 11 is 0. The van der Waals surface area contributed by atoms with Crippen molar-refractivity contribution < 1.29 is 32.1 Å². The van der Waals surface area contributed by atoms with Crippen molar-refractivity contribution in [2.75, 3.05) is 71.5 Å². The first-order chi connectivity index (χ1) is 20.8. The van der Waals surface area contributed by atoms with Crippen molar-refractivity contribution in [1.82, 2.24) is 14.8 Å². The number of ether oxygens (including phenoxy) is 2. The zero-order valence-electron chi connectivity index (χ0n) is 24.6. The van der Waals surface area contributed by atoms with E-state index in [1.807, 2.05) is 18.2 Å². The lowest BCUT2D eigenvalue weighted by molar-refractivity contribution is 0.0306. The number of morpholine rings is 1. The third-order valence-electron chi connectivity index (χ3n) is 8.93. The number of pyridine rings is 1. The Morgan fingerprint density at radius 2 is 1.77 bits per heavy atom. The second-order valence-electron chi connectivity index (χ2n) is 11.7. The van der Waals surface area contributed by atoms with Gasteiger partial charge in [0.25, 0.3) is 0 Å². The lowest BCUT2D eigenvalue weighted by atomic mass is 9.74. The second-order valence-corrected chi connectivity index (χ2v) is 11.7. The molecule has 0 amide bonds. The third kappa shape index (κ3) is 7.57. The topological polar surface area (TPSA) is 70.1 Å². The molecule has 5 rings (SSSR count). The van der Waals surface area contributed by atoms with E-state index in [1.165, 1.54) is 0 Å². The van der Waals surface area contributed by atoms with Gasteiger partial charge in [-0.25, -0.2) is 17.6 Å². The zero-order valence-corrected chi connectivity index (χ0v) is 24.6. The maximum Gasteiger partial charge on any atom is 0.194 e. The summed E-state index contributed by atoms with van der Waals surface area (Å²) in [6.45, 7) is 5.89. The average Bonchev–Trinajstić information content (AvgIpc) is 3.03. The van der Waals surface area contributed by atoms with Crippen molar-refractivity contribution in [3.05, 3.63) is 65.1 Å². The number of alkyl halides is 1. The van der Waals surface area contributed by atoms with Gasteiger partial charge in [0.15, 0.2) is 17.5 Å². The molecule has 2 saturated heterocycles. The summed E-state index contributed by atoms with van der Waals surface area (Å²) in [6, 6.07) is 7.41. The van der Waals surface area contributed by atoms with Crippen molar-refractivity contribution in [2.24, 2.45) is 5.41 Å². The molecule has 0 spiro atoms. The van der Waals surface area contributed by atoms with Gasteiger partial charge in [-0.2, -0.15) is 0 Å². The number of anilines is 1. The summed E-state index contributed by atoms with van der Waals surface area (Å²) in [5.74, 6) is -3.30. The largest absolute Gasteiger partial charge is 0.497 e. The van der Waals surface area contributed by atoms with E-state index in [4.69, 9.17) is 9.47 Å². The van der Waals surface area contributed by atoms with E-state index in [9.17, 15) is 18.3 Å². The van der Waals surface area contributed by atoms with E-state index in [2.05, 4.69) is 20.1 Å². The molecule has 0 bridgehead atoms. The number of hydrogen-bond acceptors (Lipinski definition) is 7. The molecule has 0 unspecified atom stereocenters. The molecule has 3 aromatic rings. The molecule has 0 radical (unpaired) electrons. The van der Waals surface area contributed by atoms with E-state index >= 15 is 4.39 Å². The summed E-state index contributed by atoms with van der Waals surface area (Å²) in [5, 5.41) is 14.1. The molecular weight excluding hydrogens is 564 g/mol. The van der Waals surface area contributed by atoms with E-state index < -0.39 is 23.6 Å².